The van der Waals surface area contributed by atoms with Crippen molar-refractivity contribution < 1.29 is 12.8 Å². The maximum atomic E-state index is 12.4. The molecular formula is C15H19NO3S. The fraction of sp³-hybridized carbons (Fsp3) is 0.333. The van der Waals surface area contributed by atoms with Crippen molar-refractivity contribution >= 4 is 10.0 Å². The van der Waals surface area contributed by atoms with E-state index in [0.29, 0.717) is 10.7 Å². The van der Waals surface area contributed by atoms with Crippen molar-refractivity contribution in [2.24, 2.45) is 0 Å². The fourth-order valence-corrected chi connectivity index (χ4v) is 3.85. The van der Waals surface area contributed by atoms with Crippen molar-refractivity contribution in [3.05, 3.63) is 52.5 Å². The van der Waals surface area contributed by atoms with E-state index in [2.05, 4.69) is 4.72 Å². The van der Waals surface area contributed by atoms with E-state index in [0.717, 1.165) is 22.5 Å². The molecule has 0 radical (unpaired) electrons. The minimum Gasteiger partial charge on any atom is -0.465 e. The molecule has 0 spiro atoms. The Hall–Kier alpha value is -1.59. The van der Waals surface area contributed by atoms with Gasteiger partial charge in [0.1, 0.15) is 11.5 Å². The van der Waals surface area contributed by atoms with Gasteiger partial charge in [0, 0.05) is 0 Å². The van der Waals surface area contributed by atoms with Crippen molar-refractivity contribution in [2.45, 2.75) is 39.1 Å². The maximum absolute atomic E-state index is 12.4. The number of hydrogen-bond donors (Lipinski definition) is 1. The first-order valence-electron chi connectivity index (χ1n) is 6.42. The lowest BCUT2D eigenvalue weighted by molar-refractivity contribution is 0.475. The summed E-state index contributed by atoms with van der Waals surface area (Å²) in [4.78, 5) is 0.353. The van der Waals surface area contributed by atoms with Gasteiger partial charge in [0.25, 0.3) is 0 Å². The van der Waals surface area contributed by atoms with Gasteiger partial charge in [0.15, 0.2) is 0 Å². The van der Waals surface area contributed by atoms with Gasteiger partial charge in [0.2, 0.25) is 10.0 Å². The lowest BCUT2D eigenvalue weighted by atomic mass is 10.1. The molecule has 1 heterocycles. The summed E-state index contributed by atoms with van der Waals surface area (Å²) in [6.07, 6.45) is 0. The third-order valence-electron chi connectivity index (χ3n) is 3.11. The Balaban J connectivity index is 2.27. The van der Waals surface area contributed by atoms with Gasteiger partial charge in [-0.1, -0.05) is 17.7 Å². The topological polar surface area (TPSA) is 59.3 Å². The zero-order valence-electron chi connectivity index (χ0n) is 12.1. The quantitative estimate of drug-likeness (QED) is 0.942. The second kappa shape index (κ2) is 5.42. The smallest absolute Gasteiger partial charge is 0.241 e. The van der Waals surface area contributed by atoms with E-state index in [4.69, 9.17) is 4.42 Å². The Bertz CT molecular complexity index is 706. The first-order valence-corrected chi connectivity index (χ1v) is 7.91. The molecule has 0 aliphatic rings. The fourth-order valence-electron chi connectivity index (χ4n) is 2.41. The molecule has 0 amide bonds. The predicted octanol–water partition coefficient (Wildman–Crippen LogP) is 2.99. The predicted molar refractivity (Wildman–Crippen MR) is 78.1 cm³/mol. The van der Waals surface area contributed by atoms with E-state index in [1.165, 1.54) is 0 Å². The van der Waals surface area contributed by atoms with E-state index >= 15 is 0 Å². The molecule has 0 bridgehead atoms. The van der Waals surface area contributed by atoms with Crippen LogP contribution < -0.4 is 4.72 Å². The molecule has 20 heavy (non-hydrogen) atoms. The molecule has 5 heteroatoms. The average molecular weight is 293 g/mol. The average Bonchev–Trinajstić information content (AvgIpc) is 2.71. The second-order valence-electron chi connectivity index (χ2n) is 5.06. The van der Waals surface area contributed by atoms with Crippen LogP contribution in [0.2, 0.25) is 0 Å². The van der Waals surface area contributed by atoms with Crippen LogP contribution in [0.25, 0.3) is 0 Å². The second-order valence-corrected chi connectivity index (χ2v) is 6.77. The largest absolute Gasteiger partial charge is 0.465 e. The van der Waals surface area contributed by atoms with Crippen molar-refractivity contribution in [2.75, 3.05) is 0 Å². The third-order valence-corrected chi connectivity index (χ3v) is 4.81. The van der Waals surface area contributed by atoms with Crippen LogP contribution in [0.1, 0.15) is 28.2 Å². The summed E-state index contributed by atoms with van der Waals surface area (Å²) in [5.41, 5.74) is 2.57. The lowest BCUT2D eigenvalue weighted by Crippen LogP contribution is -2.24. The molecule has 0 atom stereocenters. The SMILES string of the molecule is Cc1cc(C)c(S(=O)(=O)NCc2ccc(C)o2)c(C)c1. The molecule has 2 rings (SSSR count). The summed E-state index contributed by atoms with van der Waals surface area (Å²) in [6.45, 7) is 7.56. The number of aryl methyl sites for hydroxylation is 4. The molecule has 0 saturated carbocycles. The van der Waals surface area contributed by atoms with Gasteiger partial charge in [-0.25, -0.2) is 13.1 Å². The van der Waals surface area contributed by atoms with Gasteiger partial charge in [-0.15, -0.1) is 0 Å². The van der Waals surface area contributed by atoms with E-state index in [1.807, 2.05) is 45.9 Å². The first kappa shape index (κ1) is 14.8. The van der Waals surface area contributed by atoms with Crippen LogP contribution in [0.5, 0.6) is 0 Å². The monoisotopic (exact) mass is 293 g/mol. The Labute approximate surface area is 119 Å². The van der Waals surface area contributed by atoms with Crippen LogP contribution in [-0.2, 0) is 16.6 Å². The van der Waals surface area contributed by atoms with Gasteiger partial charge in [0.05, 0.1) is 11.4 Å². The summed E-state index contributed by atoms with van der Waals surface area (Å²) in [7, 11) is -3.54. The third kappa shape index (κ3) is 3.11. The Morgan fingerprint density at radius 2 is 1.65 bits per heavy atom. The lowest BCUT2D eigenvalue weighted by Gasteiger charge is -2.12. The number of rotatable bonds is 4. The Kier molecular flexibility index (Phi) is 4.01. The summed E-state index contributed by atoms with van der Waals surface area (Å²) < 4.78 is 32.8. The molecule has 4 nitrogen and oxygen atoms in total. The Morgan fingerprint density at radius 3 is 2.15 bits per heavy atom. The van der Waals surface area contributed by atoms with Crippen LogP contribution in [-0.4, -0.2) is 8.42 Å². The molecule has 1 aromatic carbocycles. The number of benzene rings is 1. The molecular weight excluding hydrogens is 274 g/mol. The van der Waals surface area contributed by atoms with Crippen molar-refractivity contribution in [1.29, 1.82) is 0 Å². The molecule has 0 saturated heterocycles. The summed E-state index contributed by atoms with van der Waals surface area (Å²) >= 11 is 0. The molecule has 2 aromatic rings. The van der Waals surface area contributed by atoms with Crippen LogP contribution in [0.15, 0.2) is 33.6 Å². The van der Waals surface area contributed by atoms with E-state index in [1.54, 1.807) is 6.07 Å². The van der Waals surface area contributed by atoms with Gasteiger partial charge in [-0.2, -0.15) is 0 Å². The highest BCUT2D eigenvalue weighted by Crippen LogP contribution is 2.21. The van der Waals surface area contributed by atoms with Crippen LogP contribution >= 0.6 is 0 Å². The number of nitrogens with one attached hydrogen (secondary N) is 1. The highest BCUT2D eigenvalue weighted by molar-refractivity contribution is 7.89. The molecule has 1 aromatic heterocycles. The highest BCUT2D eigenvalue weighted by Gasteiger charge is 2.19. The van der Waals surface area contributed by atoms with Gasteiger partial charge in [-0.3, -0.25) is 0 Å². The highest BCUT2D eigenvalue weighted by atomic mass is 32.2. The number of furan rings is 1. The van der Waals surface area contributed by atoms with E-state index < -0.39 is 10.0 Å². The van der Waals surface area contributed by atoms with Crippen LogP contribution in [0.3, 0.4) is 0 Å². The van der Waals surface area contributed by atoms with Gasteiger partial charge in [-0.05, 0) is 51.0 Å². The van der Waals surface area contributed by atoms with E-state index in [-0.39, 0.29) is 6.54 Å². The van der Waals surface area contributed by atoms with Crippen molar-refractivity contribution in [3.8, 4) is 0 Å². The normalized spacial score (nSPS) is 11.8. The van der Waals surface area contributed by atoms with Crippen molar-refractivity contribution in [3.63, 3.8) is 0 Å². The zero-order chi connectivity index (χ0) is 14.9. The molecule has 0 unspecified atom stereocenters. The zero-order valence-corrected chi connectivity index (χ0v) is 13.0. The minimum atomic E-state index is -3.54. The summed E-state index contributed by atoms with van der Waals surface area (Å²) in [6, 6.07) is 7.33. The molecule has 0 aliphatic carbocycles. The van der Waals surface area contributed by atoms with Crippen molar-refractivity contribution in [1.82, 2.24) is 4.72 Å². The molecule has 0 fully saturated rings. The maximum Gasteiger partial charge on any atom is 0.241 e. The Morgan fingerprint density at radius 1 is 1.05 bits per heavy atom. The van der Waals surface area contributed by atoms with Gasteiger partial charge < -0.3 is 4.42 Å². The standard InChI is InChI=1S/C15H19NO3S/c1-10-7-11(2)15(12(3)8-10)20(17,18)16-9-14-6-5-13(4)19-14/h5-8,16H,9H2,1-4H3. The van der Waals surface area contributed by atoms with Crippen LogP contribution in [0, 0.1) is 27.7 Å². The first-order chi connectivity index (χ1) is 9.29. The molecule has 1 N–H and O–H groups in total. The van der Waals surface area contributed by atoms with E-state index in [9.17, 15) is 8.42 Å². The minimum absolute atomic E-state index is 0.156. The number of hydrogen-bond acceptors (Lipinski definition) is 3. The summed E-state index contributed by atoms with van der Waals surface area (Å²) in [5, 5.41) is 0. The van der Waals surface area contributed by atoms with Crippen LogP contribution in [0.4, 0.5) is 0 Å². The molecule has 108 valence electrons. The summed E-state index contributed by atoms with van der Waals surface area (Å²) in [5.74, 6) is 1.37. The molecule has 0 aliphatic heterocycles. The number of sulfonamides is 1. The van der Waals surface area contributed by atoms with Gasteiger partial charge >= 0.3 is 0 Å².